The quantitative estimate of drug-likeness (QED) is 0.0332. The average Bonchev–Trinajstić information content (AvgIpc) is 3.09. The van der Waals surface area contributed by atoms with Gasteiger partial charge in [-0.05, 0) is 51.4 Å². The van der Waals surface area contributed by atoms with E-state index in [9.17, 15) is 25.2 Å². The summed E-state index contributed by atoms with van der Waals surface area (Å²) in [5.74, 6) is -0.597. The van der Waals surface area contributed by atoms with E-state index in [-0.39, 0.29) is 0 Å². The summed E-state index contributed by atoms with van der Waals surface area (Å²) in [5.41, 5.74) is 0. The van der Waals surface area contributed by atoms with Gasteiger partial charge < -0.3 is 25.7 Å². The molecule has 4 atom stereocenters. The average molecular weight is 680 g/mol. The molecular weight excluding hydrogens is 598 g/mol. The number of aliphatic hydroxyl groups is 4. The fourth-order valence-electron chi connectivity index (χ4n) is 6.30. The number of carbonyl (C=O) groups excluding carboxylic acids is 1. The molecule has 1 amide bonds. The first-order chi connectivity index (χ1) is 23.5. The molecule has 0 rings (SSSR count). The van der Waals surface area contributed by atoms with Crippen molar-refractivity contribution < 1.29 is 25.2 Å². The van der Waals surface area contributed by atoms with Gasteiger partial charge in [-0.15, -0.1) is 0 Å². The van der Waals surface area contributed by atoms with Crippen LogP contribution in [0, 0.1) is 0 Å². The molecule has 6 nitrogen and oxygen atoms in total. The summed E-state index contributed by atoms with van der Waals surface area (Å²) in [7, 11) is 0. The number of hydrogen-bond donors (Lipinski definition) is 5. The third kappa shape index (κ3) is 30.8. The van der Waals surface area contributed by atoms with Gasteiger partial charge in [0.05, 0.1) is 18.8 Å². The van der Waals surface area contributed by atoms with Gasteiger partial charge in [0.25, 0.3) is 0 Å². The van der Waals surface area contributed by atoms with Crippen LogP contribution in [0.25, 0.3) is 0 Å². The highest BCUT2D eigenvalue weighted by atomic mass is 16.3. The van der Waals surface area contributed by atoms with Gasteiger partial charge in [-0.25, -0.2) is 0 Å². The van der Waals surface area contributed by atoms with E-state index in [0.717, 1.165) is 44.9 Å². The molecule has 284 valence electrons. The Labute approximate surface area is 297 Å². The molecule has 0 aliphatic heterocycles. The van der Waals surface area contributed by atoms with E-state index in [1.54, 1.807) is 0 Å². The summed E-state index contributed by atoms with van der Waals surface area (Å²) >= 11 is 0. The van der Waals surface area contributed by atoms with Crippen LogP contribution in [0.3, 0.4) is 0 Å². The predicted octanol–water partition coefficient (Wildman–Crippen LogP) is 10.4. The number of nitrogens with one attached hydrogen (secondary N) is 1. The van der Waals surface area contributed by atoms with Gasteiger partial charge in [-0.3, -0.25) is 4.79 Å². The summed E-state index contributed by atoms with van der Waals surface area (Å²) in [5, 5.41) is 43.5. The maximum absolute atomic E-state index is 12.5. The Morgan fingerprint density at radius 1 is 0.500 bits per heavy atom. The zero-order valence-electron chi connectivity index (χ0n) is 31.7. The third-order valence-electron chi connectivity index (χ3n) is 9.64. The van der Waals surface area contributed by atoms with E-state index in [1.165, 1.54) is 128 Å². The Hall–Kier alpha value is -1.21. The summed E-state index contributed by atoms with van der Waals surface area (Å²) in [6, 6.07) is -1.00. The second-order valence-corrected chi connectivity index (χ2v) is 14.3. The van der Waals surface area contributed by atoms with Crippen LogP contribution in [-0.4, -0.2) is 57.3 Å². The Morgan fingerprint density at radius 3 is 1.31 bits per heavy atom. The highest BCUT2D eigenvalue weighted by molar-refractivity contribution is 5.80. The summed E-state index contributed by atoms with van der Waals surface area (Å²) in [4.78, 5) is 12.5. The largest absolute Gasteiger partial charge is 0.394 e. The maximum Gasteiger partial charge on any atom is 0.249 e. The van der Waals surface area contributed by atoms with E-state index >= 15 is 0 Å². The molecular formula is C42H81NO5. The van der Waals surface area contributed by atoms with Gasteiger partial charge in [0.15, 0.2) is 0 Å². The molecule has 48 heavy (non-hydrogen) atoms. The van der Waals surface area contributed by atoms with Crippen molar-refractivity contribution in [2.24, 2.45) is 0 Å². The molecule has 0 heterocycles. The lowest BCUT2D eigenvalue weighted by molar-refractivity contribution is -0.132. The summed E-state index contributed by atoms with van der Waals surface area (Å²) in [6.45, 7) is 4.00. The normalized spacial score (nSPS) is 14.5. The molecule has 5 N–H and O–H groups in total. The van der Waals surface area contributed by atoms with E-state index in [0.29, 0.717) is 19.3 Å². The van der Waals surface area contributed by atoms with Crippen molar-refractivity contribution in [3.8, 4) is 0 Å². The molecule has 0 spiro atoms. The molecule has 0 saturated carbocycles. The van der Waals surface area contributed by atoms with Crippen molar-refractivity contribution in [1.29, 1.82) is 0 Å². The minimum Gasteiger partial charge on any atom is -0.394 e. The second-order valence-electron chi connectivity index (χ2n) is 14.3. The first-order valence-corrected chi connectivity index (χ1v) is 20.7. The first-order valence-electron chi connectivity index (χ1n) is 20.7. The van der Waals surface area contributed by atoms with Crippen molar-refractivity contribution in [1.82, 2.24) is 5.32 Å². The topological polar surface area (TPSA) is 110 Å². The Balaban J connectivity index is 3.75. The van der Waals surface area contributed by atoms with Gasteiger partial charge in [-0.1, -0.05) is 179 Å². The van der Waals surface area contributed by atoms with Crippen molar-refractivity contribution in [2.75, 3.05) is 6.61 Å². The highest BCUT2D eigenvalue weighted by Crippen LogP contribution is 2.16. The zero-order valence-corrected chi connectivity index (χ0v) is 31.7. The van der Waals surface area contributed by atoms with Crippen molar-refractivity contribution in [3.63, 3.8) is 0 Å². The summed E-state index contributed by atoms with van der Waals surface area (Å²) in [6.07, 6.45) is 40.7. The van der Waals surface area contributed by atoms with Crippen LogP contribution in [0.15, 0.2) is 24.3 Å². The van der Waals surface area contributed by atoms with E-state index in [4.69, 9.17) is 0 Å². The van der Waals surface area contributed by atoms with E-state index in [2.05, 4.69) is 43.5 Å². The van der Waals surface area contributed by atoms with E-state index in [1.807, 2.05) is 0 Å². The number of hydrogen-bond acceptors (Lipinski definition) is 5. The highest BCUT2D eigenvalue weighted by Gasteiger charge is 2.28. The van der Waals surface area contributed by atoms with Crippen LogP contribution in [0.5, 0.6) is 0 Å². The molecule has 0 radical (unpaired) electrons. The molecule has 0 aromatic carbocycles. The number of amides is 1. The van der Waals surface area contributed by atoms with Gasteiger partial charge >= 0.3 is 0 Å². The minimum atomic E-state index is -1.28. The number of unbranched alkanes of at least 4 members (excludes halogenated alkanes) is 24. The fourth-order valence-corrected chi connectivity index (χ4v) is 6.30. The monoisotopic (exact) mass is 680 g/mol. The zero-order chi connectivity index (χ0) is 35.3. The summed E-state index contributed by atoms with van der Waals surface area (Å²) < 4.78 is 0. The standard InChI is InChI=1S/C42H81NO5/c1-3-5-7-9-11-13-15-17-18-19-20-21-22-23-24-26-28-30-32-34-36-40(46)42(48)43-38(37-44)41(47)39(45)35-33-31-29-27-25-16-14-12-10-8-6-4-2/h12,14,27,29,38-41,44-47H,3-11,13,15-26,28,30-37H2,1-2H3,(H,43,48)/b14-12+,29-27+. The number of allylic oxidation sites excluding steroid dienone is 4. The van der Waals surface area contributed by atoms with Gasteiger partial charge in [0, 0.05) is 0 Å². The van der Waals surface area contributed by atoms with Crippen molar-refractivity contribution in [3.05, 3.63) is 24.3 Å². The Bertz CT molecular complexity index is 727. The lowest BCUT2D eigenvalue weighted by atomic mass is 10.00. The number of carbonyl (C=O) groups is 1. The van der Waals surface area contributed by atoms with Gasteiger partial charge in [0.2, 0.25) is 5.91 Å². The minimum absolute atomic E-state index is 0.364. The van der Waals surface area contributed by atoms with Gasteiger partial charge in [-0.2, -0.15) is 0 Å². The van der Waals surface area contributed by atoms with Crippen molar-refractivity contribution >= 4 is 5.91 Å². The van der Waals surface area contributed by atoms with Crippen molar-refractivity contribution in [2.45, 2.75) is 231 Å². The molecule has 0 saturated heterocycles. The molecule has 0 fully saturated rings. The first kappa shape index (κ1) is 46.8. The Morgan fingerprint density at radius 2 is 0.875 bits per heavy atom. The molecule has 0 aliphatic rings. The fraction of sp³-hybridized carbons (Fsp3) is 0.881. The molecule has 0 aliphatic carbocycles. The maximum atomic E-state index is 12.5. The smallest absolute Gasteiger partial charge is 0.249 e. The molecule has 0 aromatic heterocycles. The molecule has 6 heteroatoms. The van der Waals surface area contributed by atoms with Crippen LogP contribution in [0.2, 0.25) is 0 Å². The van der Waals surface area contributed by atoms with Crippen LogP contribution >= 0.6 is 0 Å². The van der Waals surface area contributed by atoms with Crippen LogP contribution in [0.4, 0.5) is 0 Å². The Kier molecular flexibility index (Phi) is 36.1. The van der Waals surface area contributed by atoms with Gasteiger partial charge in [0.1, 0.15) is 12.2 Å². The van der Waals surface area contributed by atoms with Crippen LogP contribution in [-0.2, 0) is 4.79 Å². The lowest BCUT2D eigenvalue weighted by Crippen LogP contribution is -2.53. The molecule has 4 unspecified atom stereocenters. The van der Waals surface area contributed by atoms with E-state index < -0.39 is 36.9 Å². The number of aliphatic hydroxyl groups excluding tert-OH is 4. The SMILES string of the molecule is CCCCC/C=C/CC/C=C/CCCC(O)C(O)C(CO)NC(=O)C(O)CCCCCCCCCCCCCCCCCCCCCC. The van der Waals surface area contributed by atoms with Crippen LogP contribution < -0.4 is 5.32 Å². The molecule has 0 bridgehead atoms. The third-order valence-corrected chi connectivity index (χ3v) is 9.64. The second kappa shape index (κ2) is 37.1. The predicted molar refractivity (Wildman–Crippen MR) is 205 cm³/mol. The van der Waals surface area contributed by atoms with Crippen LogP contribution in [0.1, 0.15) is 206 Å². The number of rotatable bonds is 37. The lowest BCUT2D eigenvalue weighted by Gasteiger charge is -2.27. The molecule has 0 aromatic rings.